The van der Waals surface area contributed by atoms with Crippen molar-refractivity contribution in [3.63, 3.8) is 0 Å². The van der Waals surface area contributed by atoms with Crippen LogP contribution in [0.15, 0.2) is 40.4 Å². The Kier molecular flexibility index (Phi) is 5.13. The lowest BCUT2D eigenvalue weighted by Crippen LogP contribution is -2.35. The highest BCUT2D eigenvalue weighted by atomic mass is 79.9. The van der Waals surface area contributed by atoms with Crippen molar-refractivity contribution >= 4 is 62.7 Å². The van der Waals surface area contributed by atoms with Crippen LogP contribution in [0.5, 0.6) is 11.5 Å². The molecule has 26 heavy (non-hydrogen) atoms. The van der Waals surface area contributed by atoms with Gasteiger partial charge in [0, 0.05) is 0 Å². The van der Waals surface area contributed by atoms with Gasteiger partial charge >= 0.3 is 0 Å². The van der Waals surface area contributed by atoms with Crippen LogP contribution in [-0.2, 0) is 9.59 Å². The quantitative estimate of drug-likeness (QED) is 0.540. The summed E-state index contributed by atoms with van der Waals surface area (Å²) in [5.74, 6) is -0.978. The van der Waals surface area contributed by atoms with Crippen LogP contribution in [0, 0.1) is 0 Å². The maximum absolute atomic E-state index is 12.6. The molecule has 2 aromatic rings. The molecule has 134 valence electrons. The van der Waals surface area contributed by atoms with Crippen molar-refractivity contribution < 1.29 is 19.4 Å². The van der Waals surface area contributed by atoms with E-state index in [1.54, 1.807) is 12.1 Å². The minimum atomic E-state index is -0.566. The molecule has 6 nitrogen and oxygen atoms in total. The molecule has 1 heterocycles. The molecule has 0 aromatic heterocycles. The summed E-state index contributed by atoms with van der Waals surface area (Å²) in [4.78, 5) is 24.9. The van der Waals surface area contributed by atoms with E-state index in [0.29, 0.717) is 20.7 Å². The summed E-state index contributed by atoms with van der Waals surface area (Å²) in [5.41, 5.74) is 3.28. The number of anilines is 1. The molecule has 0 spiro atoms. The molecule has 1 fully saturated rings. The van der Waals surface area contributed by atoms with Crippen molar-refractivity contribution in [1.82, 2.24) is 5.43 Å². The number of carbonyl (C=O) groups is 2. The number of hydrazine groups is 1. The van der Waals surface area contributed by atoms with E-state index in [1.165, 1.54) is 31.4 Å². The van der Waals surface area contributed by atoms with Crippen molar-refractivity contribution in [2.45, 2.75) is 0 Å². The summed E-state index contributed by atoms with van der Waals surface area (Å²) in [6.45, 7) is 0. The highest BCUT2D eigenvalue weighted by Gasteiger charge is 2.34. The zero-order chi connectivity index (χ0) is 19.0. The number of rotatable bonds is 3. The van der Waals surface area contributed by atoms with Gasteiger partial charge in [0.15, 0.2) is 11.5 Å². The average Bonchev–Trinajstić information content (AvgIpc) is 2.88. The molecule has 9 heteroatoms. The molecule has 1 aliphatic rings. The molecule has 0 saturated carbocycles. The third-order valence-electron chi connectivity index (χ3n) is 3.63. The van der Waals surface area contributed by atoms with Crippen LogP contribution in [0.2, 0.25) is 10.0 Å². The van der Waals surface area contributed by atoms with Crippen molar-refractivity contribution in [1.29, 1.82) is 0 Å². The van der Waals surface area contributed by atoms with Crippen LogP contribution in [0.1, 0.15) is 5.56 Å². The van der Waals surface area contributed by atoms with Gasteiger partial charge < -0.3 is 9.84 Å². The van der Waals surface area contributed by atoms with E-state index in [0.717, 1.165) is 5.01 Å². The number of nitrogens with one attached hydrogen (secondary N) is 1. The number of phenolic OH excluding ortho intramolecular Hbond substituents is 1. The molecule has 1 aliphatic heterocycles. The van der Waals surface area contributed by atoms with E-state index in [9.17, 15) is 14.7 Å². The van der Waals surface area contributed by atoms with Gasteiger partial charge in [-0.25, -0.2) is 5.01 Å². The lowest BCUT2D eigenvalue weighted by molar-refractivity contribution is -0.117. The first-order chi connectivity index (χ1) is 12.3. The fraction of sp³-hybridized carbons (Fsp3) is 0.0588. The maximum atomic E-state index is 12.6. The Labute approximate surface area is 167 Å². The first-order valence-electron chi connectivity index (χ1n) is 7.20. The number of carbonyl (C=O) groups excluding carboxylic acids is 2. The Bertz CT molecular complexity index is 962. The normalized spacial score (nSPS) is 15.5. The fourth-order valence-electron chi connectivity index (χ4n) is 2.36. The van der Waals surface area contributed by atoms with Gasteiger partial charge in [0.1, 0.15) is 5.57 Å². The van der Waals surface area contributed by atoms with Gasteiger partial charge in [0.2, 0.25) is 0 Å². The summed E-state index contributed by atoms with van der Waals surface area (Å²) in [5, 5.41) is 11.5. The topological polar surface area (TPSA) is 78.9 Å². The molecule has 0 radical (unpaired) electrons. The Hall–Kier alpha value is -2.22. The lowest BCUT2D eigenvalue weighted by Gasteiger charge is -2.15. The van der Waals surface area contributed by atoms with Gasteiger partial charge in [-0.15, -0.1) is 0 Å². The van der Waals surface area contributed by atoms with E-state index in [4.69, 9.17) is 27.9 Å². The minimum absolute atomic E-state index is 0.0734. The van der Waals surface area contributed by atoms with E-state index in [-0.39, 0.29) is 22.1 Å². The molecule has 0 atom stereocenters. The summed E-state index contributed by atoms with van der Waals surface area (Å²) >= 11 is 15.0. The predicted octanol–water partition coefficient (Wildman–Crippen LogP) is 3.93. The number of hydrogen-bond donors (Lipinski definition) is 2. The highest BCUT2D eigenvalue weighted by molar-refractivity contribution is 9.10. The number of hydrogen-bond acceptors (Lipinski definition) is 4. The van der Waals surface area contributed by atoms with E-state index in [2.05, 4.69) is 21.4 Å². The molecule has 2 N–H and O–H groups in total. The summed E-state index contributed by atoms with van der Waals surface area (Å²) < 4.78 is 5.44. The van der Waals surface area contributed by atoms with Gasteiger partial charge in [0.25, 0.3) is 11.8 Å². The highest BCUT2D eigenvalue weighted by Crippen LogP contribution is 2.36. The standard InChI is InChI=1S/C17H11BrCl2N2O4/c1-26-14-6-8(5-11(18)15(14)23)4-10-16(24)21-22(17(10)25)9-2-3-12(19)13(20)7-9/h2-7,23H,1H3,(H,21,24)/b10-4+. The third kappa shape index (κ3) is 3.38. The number of aromatic hydroxyl groups is 1. The first kappa shape index (κ1) is 18.6. The van der Waals surface area contributed by atoms with Crippen LogP contribution in [0.25, 0.3) is 6.08 Å². The minimum Gasteiger partial charge on any atom is -0.503 e. The second-order valence-corrected chi connectivity index (χ2v) is 6.96. The molecule has 0 bridgehead atoms. The molecule has 2 aromatic carbocycles. The van der Waals surface area contributed by atoms with Crippen molar-refractivity contribution in [3.8, 4) is 11.5 Å². The number of amides is 2. The Balaban J connectivity index is 1.98. The zero-order valence-electron chi connectivity index (χ0n) is 13.2. The summed E-state index contributed by atoms with van der Waals surface area (Å²) in [7, 11) is 1.40. The Morgan fingerprint density at radius 1 is 1.19 bits per heavy atom. The lowest BCUT2D eigenvalue weighted by atomic mass is 10.1. The van der Waals surface area contributed by atoms with Crippen LogP contribution >= 0.6 is 39.1 Å². The third-order valence-corrected chi connectivity index (χ3v) is 4.98. The molecular formula is C17H11BrCl2N2O4. The largest absolute Gasteiger partial charge is 0.503 e. The number of halogens is 3. The van der Waals surface area contributed by atoms with Crippen LogP contribution < -0.4 is 15.2 Å². The molecule has 0 aliphatic carbocycles. The SMILES string of the molecule is COc1cc(/C=C2\C(=O)NN(c3ccc(Cl)c(Cl)c3)C2=O)cc(Br)c1O. The van der Waals surface area contributed by atoms with Gasteiger partial charge in [0.05, 0.1) is 27.3 Å². The van der Waals surface area contributed by atoms with E-state index in [1.807, 2.05) is 0 Å². The average molecular weight is 458 g/mol. The Morgan fingerprint density at radius 2 is 1.92 bits per heavy atom. The number of phenols is 1. The second-order valence-electron chi connectivity index (χ2n) is 5.29. The van der Waals surface area contributed by atoms with Crippen molar-refractivity contribution in [3.05, 3.63) is 56.0 Å². The summed E-state index contributed by atoms with van der Waals surface area (Å²) in [6.07, 6.45) is 1.40. The number of ether oxygens (including phenoxy) is 1. The van der Waals surface area contributed by atoms with Crippen molar-refractivity contribution in [2.75, 3.05) is 12.1 Å². The van der Waals surface area contributed by atoms with Crippen molar-refractivity contribution in [2.24, 2.45) is 0 Å². The molecule has 3 rings (SSSR count). The van der Waals surface area contributed by atoms with E-state index >= 15 is 0 Å². The predicted molar refractivity (Wildman–Crippen MR) is 102 cm³/mol. The number of nitrogens with zero attached hydrogens (tertiary/aromatic N) is 1. The Morgan fingerprint density at radius 3 is 2.58 bits per heavy atom. The van der Waals surface area contributed by atoms with Gasteiger partial charge in [-0.05, 0) is 57.9 Å². The zero-order valence-corrected chi connectivity index (χ0v) is 16.3. The van der Waals surface area contributed by atoms with Gasteiger partial charge in [-0.3, -0.25) is 15.0 Å². The summed E-state index contributed by atoms with van der Waals surface area (Å²) in [6, 6.07) is 7.64. The van der Waals surface area contributed by atoms with Crippen LogP contribution in [0.3, 0.4) is 0 Å². The van der Waals surface area contributed by atoms with Gasteiger partial charge in [-0.1, -0.05) is 23.2 Å². The van der Waals surface area contributed by atoms with Crippen LogP contribution in [-0.4, -0.2) is 24.0 Å². The van der Waals surface area contributed by atoms with Crippen LogP contribution in [0.4, 0.5) is 5.69 Å². The molecular weight excluding hydrogens is 447 g/mol. The fourth-order valence-corrected chi connectivity index (χ4v) is 3.11. The van der Waals surface area contributed by atoms with Gasteiger partial charge in [-0.2, -0.15) is 0 Å². The first-order valence-corrected chi connectivity index (χ1v) is 8.75. The molecule has 2 amide bonds. The maximum Gasteiger partial charge on any atom is 0.282 e. The van der Waals surface area contributed by atoms with E-state index < -0.39 is 11.8 Å². The number of methoxy groups -OCH3 is 1. The second kappa shape index (κ2) is 7.19. The smallest absolute Gasteiger partial charge is 0.282 e. The monoisotopic (exact) mass is 456 g/mol. The molecule has 1 saturated heterocycles. The number of benzene rings is 2. The molecule has 0 unspecified atom stereocenters.